The smallest absolute Gasteiger partial charge is 0.265 e. The van der Waals surface area contributed by atoms with E-state index in [4.69, 9.17) is 0 Å². The largest absolute Gasteiger partial charge is 0.384 e. The summed E-state index contributed by atoms with van der Waals surface area (Å²) < 4.78 is 40.6. The van der Waals surface area contributed by atoms with Crippen molar-refractivity contribution in [2.45, 2.75) is 30.8 Å². The number of carbonyl (C=O) groups is 2. The topological polar surface area (TPSA) is 108 Å². The van der Waals surface area contributed by atoms with Crippen LogP contribution in [0.3, 0.4) is 0 Å². The molecule has 1 aliphatic heterocycles. The predicted molar refractivity (Wildman–Crippen MR) is 145 cm³/mol. The van der Waals surface area contributed by atoms with Gasteiger partial charge in [0.2, 0.25) is 11.8 Å². The zero-order valence-corrected chi connectivity index (χ0v) is 21.7. The third kappa shape index (κ3) is 6.23. The molecule has 0 saturated heterocycles. The maximum absolute atomic E-state index is 13.7. The molecule has 194 valence electrons. The van der Waals surface area contributed by atoms with Crippen LogP contribution in [0.25, 0.3) is 0 Å². The first kappa shape index (κ1) is 26.5. The van der Waals surface area contributed by atoms with Gasteiger partial charge in [-0.2, -0.15) is 3.89 Å². The van der Waals surface area contributed by atoms with Gasteiger partial charge in [-0.1, -0.05) is 42.0 Å². The third-order valence-electron chi connectivity index (χ3n) is 5.89. The van der Waals surface area contributed by atoms with E-state index in [9.17, 15) is 21.9 Å². The molecule has 4 rings (SSSR count). The summed E-state index contributed by atoms with van der Waals surface area (Å²) in [4.78, 5) is 25.9. The molecule has 2 amide bonds. The van der Waals surface area contributed by atoms with Gasteiger partial charge >= 0.3 is 0 Å². The highest BCUT2D eigenvalue weighted by Gasteiger charge is 2.41. The van der Waals surface area contributed by atoms with Crippen LogP contribution in [0.2, 0.25) is 0 Å². The molecule has 37 heavy (non-hydrogen) atoms. The fourth-order valence-electron chi connectivity index (χ4n) is 3.98. The number of benzene rings is 3. The maximum Gasteiger partial charge on any atom is 0.265 e. The van der Waals surface area contributed by atoms with Crippen molar-refractivity contribution in [3.8, 4) is 0 Å². The molecule has 0 fully saturated rings. The first-order chi connectivity index (χ1) is 17.8. The third-order valence-corrected chi connectivity index (χ3v) is 8.09. The van der Waals surface area contributed by atoms with E-state index < -0.39 is 27.9 Å². The number of sulfonamides is 1. The molecule has 1 aliphatic rings. The summed E-state index contributed by atoms with van der Waals surface area (Å²) in [6, 6.07) is 19.0. The van der Waals surface area contributed by atoms with E-state index in [0.29, 0.717) is 23.7 Å². The van der Waals surface area contributed by atoms with Gasteiger partial charge in [-0.3, -0.25) is 13.9 Å². The number of hydrogen-bond acceptors (Lipinski definition) is 6. The van der Waals surface area contributed by atoms with Crippen LogP contribution in [-0.4, -0.2) is 38.6 Å². The summed E-state index contributed by atoms with van der Waals surface area (Å²) in [5.74, 6) is -0.703. The van der Waals surface area contributed by atoms with Crippen LogP contribution in [0, 0.1) is 6.92 Å². The van der Waals surface area contributed by atoms with Gasteiger partial charge in [-0.05, 0) is 48.9 Å². The van der Waals surface area contributed by atoms with Crippen LogP contribution in [0.15, 0.2) is 77.7 Å². The summed E-state index contributed by atoms with van der Waals surface area (Å²) in [6.07, 6.45) is -0.355. The van der Waals surface area contributed by atoms with E-state index >= 15 is 0 Å². The van der Waals surface area contributed by atoms with Crippen molar-refractivity contribution in [3.05, 3.63) is 83.9 Å². The molecule has 0 aromatic heterocycles. The molecule has 8 nitrogen and oxygen atoms in total. The van der Waals surface area contributed by atoms with Crippen LogP contribution in [0.1, 0.15) is 17.5 Å². The van der Waals surface area contributed by atoms with Crippen molar-refractivity contribution in [3.63, 3.8) is 0 Å². The summed E-state index contributed by atoms with van der Waals surface area (Å²) in [7, 11) is -4.14. The highest BCUT2D eigenvalue weighted by Crippen LogP contribution is 2.37. The molecular weight excluding hydrogens is 515 g/mol. The molecule has 3 aromatic carbocycles. The zero-order valence-electron chi connectivity index (χ0n) is 20.1. The Kier molecular flexibility index (Phi) is 8.34. The Morgan fingerprint density at radius 3 is 2.46 bits per heavy atom. The predicted octanol–water partition coefficient (Wildman–Crippen LogP) is 4.25. The van der Waals surface area contributed by atoms with Crippen LogP contribution < -0.4 is 20.3 Å². The molecule has 3 aromatic rings. The molecule has 0 radical (unpaired) electrons. The van der Waals surface area contributed by atoms with Crippen molar-refractivity contribution in [2.75, 3.05) is 27.2 Å². The highest BCUT2D eigenvalue weighted by atomic mass is 32.2. The van der Waals surface area contributed by atoms with Crippen LogP contribution >= 0.6 is 12.1 Å². The number of rotatable bonds is 10. The second-order valence-corrected chi connectivity index (χ2v) is 11.0. The lowest BCUT2D eigenvalue weighted by Gasteiger charge is -2.36. The van der Waals surface area contributed by atoms with E-state index in [0.717, 1.165) is 21.1 Å². The summed E-state index contributed by atoms with van der Waals surface area (Å²) in [5, 5.41) is 8.58. The second-order valence-electron chi connectivity index (χ2n) is 8.55. The van der Waals surface area contributed by atoms with Gasteiger partial charge < -0.3 is 16.0 Å². The normalized spacial score (nSPS) is 15.0. The lowest BCUT2D eigenvalue weighted by atomic mass is 10.1. The van der Waals surface area contributed by atoms with E-state index in [1.165, 1.54) is 12.1 Å². The highest BCUT2D eigenvalue weighted by molar-refractivity contribution is 7.94. The molecule has 11 heteroatoms. The van der Waals surface area contributed by atoms with Gasteiger partial charge in [0.15, 0.2) is 0 Å². The van der Waals surface area contributed by atoms with E-state index in [-0.39, 0.29) is 30.0 Å². The Morgan fingerprint density at radius 1 is 1.05 bits per heavy atom. The minimum Gasteiger partial charge on any atom is -0.384 e. The number of aryl methyl sites for hydroxylation is 1. The fraction of sp³-hybridized carbons (Fsp3) is 0.231. The van der Waals surface area contributed by atoms with E-state index in [1.807, 2.05) is 31.2 Å². The standard InChI is InChI=1S/C26H27FN4O4S2/c1-18-6-12-21(13-7-18)37(34,35)31-23-5-3-2-4-22(23)30-26(33)24(31)16-25(32)29-17-19-8-10-20(11-9-19)28-14-15-36-27/h2-13,24,28H,14-17H2,1H3,(H,29,32)(H,30,33). The molecule has 0 spiro atoms. The van der Waals surface area contributed by atoms with Crippen molar-refractivity contribution < 1.29 is 21.9 Å². The minimum absolute atomic E-state index is 0.0341. The number of fused-ring (bicyclic) bond motifs is 1. The van der Waals surface area contributed by atoms with Crippen molar-refractivity contribution in [1.29, 1.82) is 0 Å². The van der Waals surface area contributed by atoms with Gasteiger partial charge in [0.25, 0.3) is 10.0 Å². The van der Waals surface area contributed by atoms with Crippen LogP contribution in [0.5, 0.6) is 0 Å². The van der Waals surface area contributed by atoms with Gasteiger partial charge in [0, 0.05) is 36.7 Å². The molecule has 3 N–H and O–H groups in total. The average Bonchev–Trinajstić information content (AvgIpc) is 2.89. The van der Waals surface area contributed by atoms with Crippen LogP contribution in [-0.2, 0) is 26.2 Å². The summed E-state index contributed by atoms with van der Waals surface area (Å²) >= 11 is 0.267. The monoisotopic (exact) mass is 542 g/mol. The summed E-state index contributed by atoms with van der Waals surface area (Å²) in [5.41, 5.74) is 3.21. The molecule has 1 atom stereocenters. The Balaban J connectivity index is 1.51. The van der Waals surface area contributed by atoms with Gasteiger partial charge in [-0.25, -0.2) is 8.42 Å². The quantitative estimate of drug-likeness (QED) is 0.331. The lowest BCUT2D eigenvalue weighted by Crippen LogP contribution is -2.52. The Labute approximate surface area is 220 Å². The molecule has 1 unspecified atom stereocenters. The number of anilines is 3. The number of amides is 2. The fourth-order valence-corrected chi connectivity index (χ4v) is 5.79. The Bertz CT molecular complexity index is 1370. The zero-order chi connectivity index (χ0) is 26.4. The number of halogens is 1. The molecule has 0 aliphatic carbocycles. The lowest BCUT2D eigenvalue weighted by molar-refractivity contribution is -0.125. The number of nitrogens with one attached hydrogen (secondary N) is 3. The van der Waals surface area contributed by atoms with Crippen molar-refractivity contribution >= 4 is 51.0 Å². The Hall–Kier alpha value is -3.57. The van der Waals surface area contributed by atoms with Crippen molar-refractivity contribution in [1.82, 2.24) is 5.32 Å². The Morgan fingerprint density at radius 2 is 1.76 bits per heavy atom. The summed E-state index contributed by atoms with van der Waals surface area (Å²) in [6.45, 7) is 2.55. The van der Waals surface area contributed by atoms with Gasteiger partial charge in [0.1, 0.15) is 6.04 Å². The SMILES string of the molecule is Cc1ccc(S(=O)(=O)N2c3ccccc3NC(=O)C2CC(=O)NCc2ccc(NCCSF)cc2)cc1. The number of nitrogens with zero attached hydrogens (tertiary/aromatic N) is 1. The number of carbonyl (C=O) groups excluding carboxylic acids is 2. The number of hydrogen-bond donors (Lipinski definition) is 3. The maximum atomic E-state index is 13.7. The first-order valence-corrected chi connectivity index (χ1v) is 14.0. The minimum atomic E-state index is -4.14. The second kappa shape index (κ2) is 11.7. The molecular formula is C26H27FN4O4S2. The van der Waals surface area contributed by atoms with E-state index in [2.05, 4.69) is 16.0 Å². The van der Waals surface area contributed by atoms with Gasteiger partial charge in [-0.15, -0.1) is 0 Å². The molecule has 0 bridgehead atoms. The molecule has 0 saturated carbocycles. The number of para-hydroxylation sites is 2. The van der Waals surface area contributed by atoms with E-state index in [1.54, 1.807) is 36.4 Å². The molecule has 1 heterocycles. The van der Waals surface area contributed by atoms with Crippen LogP contribution in [0.4, 0.5) is 20.9 Å². The van der Waals surface area contributed by atoms with Gasteiger partial charge in [0.05, 0.1) is 22.7 Å². The first-order valence-electron chi connectivity index (χ1n) is 11.6. The van der Waals surface area contributed by atoms with Crippen molar-refractivity contribution in [2.24, 2.45) is 0 Å². The average molecular weight is 543 g/mol.